The molecule has 4 heteroatoms. The van der Waals surface area contributed by atoms with Crippen LogP contribution in [0.15, 0.2) is 48.5 Å². The molecular weight excluding hydrogens is 240 g/mol. The van der Waals surface area contributed by atoms with Crippen LogP contribution in [0.3, 0.4) is 0 Å². The first-order valence-electron chi connectivity index (χ1n) is 5.60. The van der Waals surface area contributed by atoms with Gasteiger partial charge in [-0.25, -0.2) is 0 Å². The molecule has 2 rings (SSSR count). The smallest absolute Gasteiger partial charge is 0.195 e. The minimum Gasteiger partial charge on any atom is -0.398 e. The van der Waals surface area contributed by atoms with E-state index < -0.39 is 0 Å². The van der Waals surface area contributed by atoms with Crippen LogP contribution in [0.1, 0.15) is 33.2 Å². The van der Waals surface area contributed by atoms with Gasteiger partial charge in [-0.2, -0.15) is 0 Å². The topological polar surface area (TPSA) is 95.2 Å². The Morgan fingerprint density at radius 2 is 1.47 bits per heavy atom. The number of anilines is 1. The van der Waals surface area contributed by atoms with Crippen LogP contribution in [0.2, 0.25) is 0 Å². The van der Waals surface area contributed by atoms with Gasteiger partial charge in [-0.15, -0.1) is 0 Å². The second kappa shape index (κ2) is 5.93. The van der Waals surface area contributed by atoms with Gasteiger partial charge in [0.25, 0.3) is 0 Å². The van der Waals surface area contributed by atoms with Gasteiger partial charge in [0.2, 0.25) is 0 Å². The molecule has 0 aliphatic carbocycles. The van der Waals surface area contributed by atoms with Crippen LogP contribution in [0.5, 0.6) is 0 Å². The quantitative estimate of drug-likeness (QED) is 0.652. The lowest BCUT2D eigenvalue weighted by Gasteiger charge is -2.08. The summed E-state index contributed by atoms with van der Waals surface area (Å²) < 4.78 is 0. The van der Waals surface area contributed by atoms with E-state index >= 15 is 0 Å². The van der Waals surface area contributed by atoms with Gasteiger partial charge in [0.1, 0.15) is 0 Å². The van der Waals surface area contributed by atoms with Gasteiger partial charge in [-0.1, -0.05) is 36.4 Å². The van der Waals surface area contributed by atoms with E-state index in [-0.39, 0.29) is 23.4 Å². The summed E-state index contributed by atoms with van der Waals surface area (Å²) in [5.41, 5.74) is 7.45. The zero-order valence-electron chi connectivity index (χ0n) is 10.7. The number of benzene rings is 2. The van der Waals surface area contributed by atoms with Crippen molar-refractivity contribution >= 4 is 17.3 Å². The van der Waals surface area contributed by atoms with Gasteiger partial charge in [0, 0.05) is 16.7 Å². The Hall–Kier alpha value is -2.46. The molecule has 0 spiro atoms. The second-order valence-corrected chi connectivity index (χ2v) is 4.02. The summed E-state index contributed by atoms with van der Waals surface area (Å²) >= 11 is 0. The molecule has 0 unspecified atom stereocenters. The van der Waals surface area contributed by atoms with E-state index in [1.54, 1.807) is 42.5 Å². The first kappa shape index (κ1) is 14.6. The van der Waals surface area contributed by atoms with Crippen molar-refractivity contribution in [3.63, 3.8) is 0 Å². The molecule has 0 atom stereocenters. The first-order valence-corrected chi connectivity index (χ1v) is 5.60. The number of nitrogens with two attached hydrogens (primary N) is 1. The van der Waals surface area contributed by atoms with Crippen molar-refractivity contribution in [3.8, 4) is 0 Å². The van der Waals surface area contributed by atoms with Crippen LogP contribution < -0.4 is 11.9 Å². The van der Waals surface area contributed by atoms with E-state index in [0.717, 1.165) is 0 Å². The second-order valence-electron chi connectivity index (χ2n) is 4.02. The molecule has 98 valence electrons. The molecule has 0 aliphatic heterocycles. The molecule has 0 fully saturated rings. The van der Waals surface area contributed by atoms with Crippen molar-refractivity contribution in [1.82, 2.24) is 6.15 Å². The lowest BCUT2D eigenvalue weighted by Crippen LogP contribution is -2.09. The highest BCUT2D eigenvalue weighted by Crippen LogP contribution is 2.21. The van der Waals surface area contributed by atoms with Crippen molar-refractivity contribution in [3.05, 3.63) is 65.2 Å². The number of Topliss-reactive ketones (excluding diaryl/α,β-unsaturated/α-hetero) is 1. The molecular formula is C15H16N2O2. The third kappa shape index (κ3) is 2.86. The van der Waals surface area contributed by atoms with Crippen LogP contribution in [-0.2, 0) is 0 Å². The lowest BCUT2D eigenvalue weighted by atomic mass is 9.98. The molecule has 0 saturated carbocycles. The van der Waals surface area contributed by atoms with Crippen molar-refractivity contribution < 1.29 is 9.59 Å². The number of hydrogen-bond donors (Lipinski definition) is 2. The molecule has 19 heavy (non-hydrogen) atoms. The van der Waals surface area contributed by atoms with E-state index in [1.165, 1.54) is 6.92 Å². The Balaban J connectivity index is 0.00000180. The van der Waals surface area contributed by atoms with Gasteiger partial charge >= 0.3 is 0 Å². The monoisotopic (exact) mass is 256 g/mol. The first-order chi connectivity index (χ1) is 8.61. The Morgan fingerprint density at radius 3 is 2.05 bits per heavy atom. The average molecular weight is 256 g/mol. The molecule has 4 nitrogen and oxygen atoms in total. The zero-order chi connectivity index (χ0) is 13.1. The number of nitrogen functional groups attached to an aromatic ring is 1. The highest BCUT2D eigenvalue weighted by molar-refractivity contribution is 6.14. The minimum absolute atomic E-state index is 0. The van der Waals surface area contributed by atoms with E-state index in [1.807, 2.05) is 6.07 Å². The molecule has 0 aliphatic rings. The third-order valence-electron chi connectivity index (χ3n) is 2.77. The molecule has 0 aromatic heterocycles. The minimum atomic E-state index is -0.170. The molecule has 2 aromatic rings. The summed E-state index contributed by atoms with van der Waals surface area (Å²) in [7, 11) is 0. The normalized spacial score (nSPS) is 9.53. The summed E-state index contributed by atoms with van der Waals surface area (Å²) in [5.74, 6) is -0.314. The Kier molecular flexibility index (Phi) is 4.56. The van der Waals surface area contributed by atoms with Gasteiger partial charge in [-0.3, -0.25) is 9.59 Å². The third-order valence-corrected chi connectivity index (χ3v) is 2.77. The number of carbonyl (C=O) groups excluding carboxylic acids is 2. The van der Waals surface area contributed by atoms with Crippen LogP contribution in [0, 0.1) is 0 Å². The Morgan fingerprint density at radius 1 is 0.895 bits per heavy atom. The molecule has 0 bridgehead atoms. The molecule has 0 amide bonds. The molecule has 5 N–H and O–H groups in total. The van der Waals surface area contributed by atoms with Crippen LogP contribution >= 0.6 is 0 Å². The predicted molar refractivity (Wildman–Crippen MR) is 75.8 cm³/mol. The van der Waals surface area contributed by atoms with Gasteiger partial charge < -0.3 is 11.9 Å². The van der Waals surface area contributed by atoms with Crippen LogP contribution in [-0.4, -0.2) is 11.6 Å². The number of hydrogen-bond acceptors (Lipinski definition) is 4. The lowest BCUT2D eigenvalue weighted by molar-refractivity contribution is 0.101. The highest BCUT2D eigenvalue weighted by atomic mass is 16.1. The van der Waals surface area contributed by atoms with Crippen LogP contribution in [0.4, 0.5) is 5.69 Å². The van der Waals surface area contributed by atoms with Crippen molar-refractivity contribution in [2.45, 2.75) is 6.92 Å². The Labute approximate surface area is 111 Å². The number of carbonyl (C=O) groups is 2. The number of para-hydroxylation sites is 1. The van der Waals surface area contributed by atoms with Crippen molar-refractivity contribution in [2.75, 3.05) is 5.73 Å². The molecule has 0 heterocycles. The standard InChI is InChI=1S/C15H13NO2.H3N/c1-10(17)12-8-5-9-13(14(12)16)15(18)11-6-3-2-4-7-11;/h2-9H,16H2,1H3;1H3. The average Bonchev–Trinajstić information content (AvgIpc) is 2.39. The maximum atomic E-state index is 12.3. The fourth-order valence-electron chi connectivity index (χ4n) is 1.82. The molecule has 0 radical (unpaired) electrons. The maximum Gasteiger partial charge on any atom is 0.195 e. The van der Waals surface area contributed by atoms with Gasteiger partial charge in [0.05, 0.1) is 5.69 Å². The number of rotatable bonds is 3. The van der Waals surface area contributed by atoms with Crippen LogP contribution in [0.25, 0.3) is 0 Å². The Bertz CT molecular complexity index is 607. The van der Waals surface area contributed by atoms with Gasteiger partial charge in [-0.05, 0) is 19.1 Å². The van der Waals surface area contributed by atoms with Gasteiger partial charge in [0.15, 0.2) is 11.6 Å². The van der Waals surface area contributed by atoms with Crippen molar-refractivity contribution in [1.29, 1.82) is 0 Å². The summed E-state index contributed by atoms with van der Waals surface area (Å²) in [6, 6.07) is 13.8. The number of ketones is 2. The fourth-order valence-corrected chi connectivity index (χ4v) is 1.82. The van der Waals surface area contributed by atoms with E-state index in [4.69, 9.17) is 5.73 Å². The molecule has 0 saturated heterocycles. The SMILES string of the molecule is CC(=O)c1cccc(C(=O)c2ccccc2)c1N.N. The largest absolute Gasteiger partial charge is 0.398 e. The van der Waals surface area contributed by atoms with E-state index in [9.17, 15) is 9.59 Å². The molecule has 2 aromatic carbocycles. The zero-order valence-corrected chi connectivity index (χ0v) is 10.7. The highest BCUT2D eigenvalue weighted by Gasteiger charge is 2.15. The predicted octanol–water partition coefficient (Wildman–Crippen LogP) is 2.86. The summed E-state index contributed by atoms with van der Waals surface area (Å²) in [5, 5.41) is 0. The summed E-state index contributed by atoms with van der Waals surface area (Å²) in [6.07, 6.45) is 0. The summed E-state index contributed by atoms with van der Waals surface area (Å²) in [6.45, 7) is 1.43. The van der Waals surface area contributed by atoms with Crippen molar-refractivity contribution in [2.24, 2.45) is 0 Å². The van der Waals surface area contributed by atoms with E-state index in [2.05, 4.69) is 0 Å². The maximum absolute atomic E-state index is 12.3. The summed E-state index contributed by atoms with van der Waals surface area (Å²) in [4.78, 5) is 23.6. The van der Waals surface area contributed by atoms with E-state index in [0.29, 0.717) is 16.7 Å². The fraction of sp³-hybridized carbons (Fsp3) is 0.0667.